The summed E-state index contributed by atoms with van der Waals surface area (Å²) in [6, 6.07) is 15.4. The Bertz CT molecular complexity index is 1380. The van der Waals surface area contributed by atoms with Crippen LogP contribution in [0.25, 0.3) is 11.2 Å². The van der Waals surface area contributed by atoms with Crippen molar-refractivity contribution >= 4 is 23.3 Å². The van der Waals surface area contributed by atoms with Crippen LogP contribution in [-0.4, -0.2) is 32.4 Å². The molecule has 2 N–H and O–H groups in total. The van der Waals surface area contributed by atoms with Crippen LogP contribution in [0.15, 0.2) is 63.2 Å². The van der Waals surface area contributed by atoms with Crippen molar-refractivity contribution in [3.8, 4) is 5.75 Å². The predicted octanol–water partition coefficient (Wildman–Crippen LogP) is 2.23. The third kappa shape index (κ3) is 4.11. The molecule has 2 heterocycles. The number of ether oxygens (including phenoxy) is 1. The molecule has 9 heteroatoms. The molecule has 0 atom stereocenters. The summed E-state index contributed by atoms with van der Waals surface area (Å²) < 4.78 is 8.18. The van der Waals surface area contributed by atoms with E-state index in [-0.39, 0.29) is 5.65 Å². The molecule has 0 aliphatic heterocycles. The number of aromatic nitrogens is 4. The van der Waals surface area contributed by atoms with Crippen molar-refractivity contribution < 1.29 is 4.74 Å². The van der Waals surface area contributed by atoms with Crippen LogP contribution in [0, 0.1) is 6.92 Å². The highest BCUT2D eigenvalue weighted by molar-refractivity contribution is 5.80. The number of anilines is 1. The Morgan fingerprint density at radius 3 is 2.68 bits per heavy atom. The molecule has 0 aliphatic carbocycles. The second kappa shape index (κ2) is 8.31. The van der Waals surface area contributed by atoms with Gasteiger partial charge in [0.15, 0.2) is 11.2 Å². The molecule has 9 nitrogen and oxygen atoms in total. The fourth-order valence-corrected chi connectivity index (χ4v) is 3.32. The zero-order valence-electron chi connectivity index (χ0n) is 17.4. The molecule has 4 rings (SSSR count). The third-order valence-electron chi connectivity index (χ3n) is 4.92. The Morgan fingerprint density at radius 2 is 1.97 bits per heavy atom. The van der Waals surface area contributed by atoms with Gasteiger partial charge < -0.3 is 4.74 Å². The van der Waals surface area contributed by atoms with E-state index in [1.54, 1.807) is 24.9 Å². The molecule has 0 aliphatic rings. The van der Waals surface area contributed by atoms with Gasteiger partial charge in [-0.25, -0.2) is 10.2 Å². The number of imidazole rings is 1. The second-order valence-corrected chi connectivity index (χ2v) is 7.14. The van der Waals surface area contributed by atoms with Crippen molar-refractivity contribution in [2.45, 2.75) is 13.5 Å². The van der Waals surface area contributed by atoms with Gasteiger partial charge in [0.25, 0.3) is 5.56 Å². The lowest BCUT2D eigenvalue weighted by Gasteiger charge is -2.09. The number of hydrazone groups is 1. The van der Waals surface area contributed by atoms with Crippen LogP contribution < -0.4 is 21.4 Å². The van der Waals surface area contributed by atoms with Gasteiger partial charge >= 0.3 is 5.69 Å². The van der Waals surface area contributed by atoms with Gasteiger partial charge in [-0.05, 0) is 42.3 Å². The zero-order valence-corrected chi connectivity index (χ0v) is 17.4. The molecule has 4 aromatic rings. The van der Waals surface area contributed by atoms with E-state index in [9.17, 15) is 9.59 Å². The number of hydrogen-bond acceptors (Lipinski definition) is 6. The summed E-state index contributed by atoms with van der Waals surface area (Å²) in [6.45, 7) is 2.39. The normalized spacial score (nSPS) is 11.3. The Kier molecular flexibility index (Phi) is 5.40. The lowest BCUT2D eigenvalue weighted by molar-refractivity contribution is 0.415. The first kappa shape index (κ1) is 20.1. The SMILES string of the molecule is COc1ccc(C=NNc2nc3c(c(=O)[nH]c(=O)n3C)n2Cc2cccc(C)c2)cc1. The van der Waals surface area contributed by atoms with Crippen LogP contribution in [0.5, 0.6) is 5.75 Å². The molecule has 2 aromatic heterocycles. The number of rotatable bonds is 6. The monoisotopic (exact) mass is 418 g/mol. The highest BCUT2D eigenvalue weighted by Gasteiger charge is 2.17. The summed E-state index contributed by atoms with van der Waals surface area (Å²) in [7, 11) is 3.17. The zero-order chi connectivity index (χ0) is 22.0. The van der Waals surface area contributed by atoms with Crippen LogP contribution in [-0.2, 0) is 13.6 Å². The fraction of sp³-hybridized carbons (Fsp3) is 0.182. The van der Waals surface area contributed by atoms with Crippen molar-refractivity contribution in [1.82, 2.24) is 19.1 Å². The lowest BCUT2D eigenvalue weighted by Crippen LogP contribution is -2.29. The quantitative estimate of drug-likeness (QED) is 0.369. The van der Waals surface area contributed by atoms with Gasteiger partial charge in [0.1, 0.15) is 5.75 Å². The molecule has 0 unspecified atom stereocenters. The number of methoxy groups -OCH3 is 1. The smallest absolute Gasteiger partial charge is 0.329 e. The molecule has 0 spiro atoms. The number of aromatic amines is 1. The Morgan fingerprint density at radius 1 is 1.19 bits per heavy atom. The summed E-state index contributed by atoms with van der Waals surface area (Å²) in [5.41, 5.74) is 5.43. The molecule has 31 heavy (non-hydrogen) atoms. The van der Waals surface area contributed by atoms with E-state index in [2.05, 4.69) is 20.5 Å². The van der Waals surface area contributed by atoms with Crippen LogP contribution >= 0.6 is 0 Å². The van der Waals surface area contributed by atoms with E-state index >= 15 is 0 Å². The summed E-state index contributed by atoms with van der Waals surface area (Å²) in [5, 5.41) is 4.27. The number of hydrogen-bond donors (Lipinski definition) is 2. The predicted molar refractivity (Wildman–Crippen MR) is 120 cm³/mol. The minimum Gasteiger partial charge on any atom is -0.497 e. The maximum atomic E-state index is 12.6. The van der Waals surface area contributed by atoms with Crippen LogP contribution in [0.2, 0.25) is 0 Å². The summed E-state index contributed by atoms with van der Waals surface area (Å²) in [5.74, 6) is 1.11. The van der Waals surface area contributed by atoms with Crippen molar-refractivity contribution in [3.05, 3.63) is 86.1 Å². The molecule has 158 valence electrons. The van der Waals surface area contributed by atoms with E-state index in [1.165, 1.54) is 4.57 Å². The van der Waals surface area contributed by atoms with Gasteiger partial charge in [-0.2, -0.15) is 10.1 Å². The number of nitrogens with zero attached hydrogens (tertiary/aromatic N) is 4. The van der Waals surface area contributed by atoms with Gasteiger partial charge in [-0.1, -0.05) is 29.8 Å². The Labute approximate surface area is 177 Å². The molecule has 0 saturated carbocycles. The van der Waals surface area contributed by atoms with Gasteiger partial charge in [-0.3, -0.25) is 18.9 Å². The summed E-state index contributed by atoms with van der Waals surface area (Å²) in [6.07, 6.45) is 1.64. The first-order chi connectivity index (χ1) is 15.0. The maximum absolute atomic E-state index is 12.6. The average Bonchev–Trinajstić information content (AvgIpc) is 3.11. The molecular formula is C22H22N6O3. The van der Waals surface area contributed by atoms with E-state index < -0.39 is 11.2 Å². The standard InChI is InChI=1S/C22H22N6O3/c1-14-5-4-6-16(11-14)13-28-18-19(27(2)22(30)25-20(18)29)24-21(28)26-23-12-15-7-9-17(31-3)10-8-15/h4-12H,13H2,1-3H3,(H,24,26)(H,25,29,30). The summed E-state index contributed by atoms with van der Waals surface area (Å²) >= 11 is 0. The number of H-pyrrole nitrogens is 1. The number of nitrogens with one attached hydrogen (secondary N) is 2. The number of aryl methyl sites for hydroxylation is 2. The molecular weight excluding hydrogens is 396 g/mol. The van der Waals surface area contributed by atoms with E-state index in [0.717, 1.165) is 22.4 Å². The molecule has 0 fully saturated rings. The minimum atomic E-state index is -0.522. The summed E-state index contributed by atoms with van der Waals surface area (Å²) in [4.78, 5) is 31.4. The largest absolute Gasteiger partial charge is 0.497 e. The van der Waals surface area contributed by atoms with Crippen molar-refractivity contribution in [1.29, 1.82) is 0 Å². The van der Waals surface area contributed by atoms with Crippen LogP contribution in [0.4, 0.5) is 5.95 Å². The molecule has 0 bridgehead atoms. The highest BCUT2D eigenvalue weighted by atomic mass is 16.5. The van der Waals surface area contributed by atoms with E-state index in [0.29, 0.717) is 18.0 Å². The van der Waals surface area contributed by atoms with Crippen LogP contribution in [0.3, 0.4) is 0 Å². The molecule has 0 amide bonds. The second-order valence-electron chi connectivity index (χ2n) is 7.14. The Balaban J connectivity index is 1.74. The van der Waals surface area contributed by atoms with Gasteiger partial charge in [-0.15, -0.1) is 0 Å². The van der Waals surface area contributed by atoms with Crippen molar-refractivity contribution in [2.75, 3.05) is 12.5 Å². The van der Waals surface area contributed by atoms with Crippen molar-refractivity contribution in [3.63, 3.8) is 0 Å². The fourth-order valence-electron chi connectivity index (χ4n) is 3.32. The average molecular weight is 418 g/mol. The first-order valence-corrected chi connectivity index (χ1v) is 9.64. The molecule has 2 aromatic carbocycles. The highest BCUT2D eigenvalue weighted by Crippen LogP contribution is 2.18. The minimum absolute atomic E-state index is 0.281. The molecule has 0 radical (unpaired) electrons. The number of fused-ring (bicyclic) bond motifs is 1. The first-order valence-electron chi connectivity index (χ1n) is 9.64. The van der Waals surface area contributed by atoms with Crippen LogP contribution in [0.1, 0.15) is 16.7 Å². The van der Waals surface area contributed by atoms with Gasteiger partial charge in [0.2, 0.25) is 5.95 Å². The number of benzene rings is 2. The van der Waals surface area contributed by atoms with Crippen molar-refractivity contribution in [2.24, 2.45) is 12.1 Å². The van der Waals surface area contributed by atoms with E-state index in [4.69, 9.17) is 4.74 Å². The topological polar surface area (TPSA) is 106 Å². The van der Waals surface area contributed by atoms with E-state index in [1.807, 2.05) is 55.5 Å². The lowest BCUT2D eigenvalue weighted by atomic mass is 10.1. The van der Waals surface area contributed by atoms with Gasteiger partial charge in [0.05, 0.1) is 19.9 Å². The molecule has 0 saturated heterocycles. The Hall–Kier alpha value is -4.14. The maximum Gasteiger partial charge on any atom is 0.329 e. The van der Waals surface area contributed by atoms with Gasteiger partial charge in [0, 0.05) is 7.05 Å². The third-order valence-corrected chi connectivity index (χ3v) is 4.92.